The number of esters is 1. The third-order valence-corrected chi connectivity index (χ3v) is 2.83. The summed E-state index contributed by atoms with van der Waals surface area (Å²) in [5.41, 5.74) is 4.10. The standard InChI is InChI=1S/C13H18O3/c1-8-5-10(3)11(6-9(8)2)12(14)7-13(15)16-4/h5-6,12,14H,7H2,1-4H3. The van der Waals surface area contributed by atoms with Crippen LogP contribution in [0.3, 0.4) is 0 Å². The molecule has 0 fully saturated rings. The largest absolute Gasteiger partial charge is 0.469 e. The maximum Gasteiger partial charge on any atom is 0.308 e. The van der Waals surface area contributed by atoms with E-state index in [4.69, 9.17) is 0 Å². The zero-order valence-electron chi connectivity index (χ0n) is 10.2. The van der Waals surface area contributed by atoms with E-state index in [0.29, 0.717) is 0 Å². The summed E-state index contributed by atoms with van der Waals surface area (Å²) in [6.07, 6.45) is -0.786. The van der Waals surface area contributed by atoms with Crippen molar-refractivity contribution < 1.29 is 14.6 Å². The molecule has 0 aliphatic heterocycles. The molecule has 0 saturated carbocycles. The molecule has 3 nitrogen and oxygen atoms in total. The number of carbonyl (C=O) groups is 1. The SMILES string of the molecule is COC(=O)CC(O)c1cc(C)c(C)cc1C. The summed E-state index contributed by atoms with van der Waals surface area (Å²) < 4.78 is 4.54. The van der Waals surface area contributed by atoms with Gasteiger partial charge in [-0.15, -0.1) is 0 Å². The molecule has 0 radical (unpaired) electrons. The van der Waals surface area contributed by atoms with Gasteiger partial charge in [0.2, 0.25) is 0 Å². The van der Waals surface area contributed by atoms with Crippen molar-refractivity contribution in [2.45, 2.75) is 33.3 Å². The Hall–Kier alpha value is -1.35. The monoisotopic (exact) mass is 222 g/mol. The average molecular weight is 222 g/mol. The third-order valence-electron chi connectivity index (χ3n) is 2.83. The molecule has 0 heterocycles. The van der Waals surface area contributed by atoms with Crippen LogP contribution in [-0.2, 0) is 9.53 Å². The van der Waals surface area contributed by atoms with Gasteiger partial charge in [-0.25, -0.2) is 0 Å². The number of methoxy groups -OCH3 is 1. The summed E-state index contributed by atoms with van der Waals surface area (Å²) in [6, 6.07) is 3.95. The van der Waals surface area contributed by atoms with Gasteiger partial charge in [0.15, 0.2) is 0 Å². The third kappa shape index (κ3) is 2.83. The van der Waals surface area contributed by atoms with Gasteiger partial charge in [-0.1, -0.05) is 12.1 Å². The van der Waals surface area contributed by atoms with Crippen molar-refractivity contribution in [2.24, 2.45) is 0 Å². The summed E-state index contributed by atoms with van der Waals surface area (Å²) in [6.45, 7) is 5.95. The fourth-order valence-corrected chi connectivity index (χ4v) is 1.69. The molecule has 1 unspecified atom stereocenters. The minimum atomic E-state index is -0.785. The lowest BCUT2D eigenvalue weighted by Gasteiger charge is -2.14. The maximum absolute atomic E-state index is 11.1. The van der Waals surface area contributed by atoms with Gasteiger partial charge in [-0.2, -0.15) is 0 Å². The molecule has 88 valence electrons. The highest BCUT2D eigenvalue weighted by Crippen LogP contribution is 2.24. The van der Waals surface area contributed by atoms with Gasteiger partial charge in [0.1, 0.15) is 0 Å². The van der Waals surface area contributed by atoms with Gasteiger partial charge in [0, 0.05) is 0 Å². The minimum absolute atomic E-state index is 0.000158. The van der Waals surface area contributed by atoms with Gasteiger partial charge in [-0.3, -0.25) is 4.79 Å². The van der Waals surface area contributed by atoms with Crippen LogP contribution in [0.15, 0.2) is 12.1 Å². The summed E-state index contributed by atoms with van der Waals surface area (Å²) in [5, 5.41) is 9.92. The number of hydrogen-bond donors (Lipinski definition) is 1. The lowest BCUT2D eigenvalue weighted by molar-refractivity contribution is -0.142. The molecule has 0 spiro atoms. The molecule has 1 N–H and O–H groups in total. The van der Waals surface area contributed by atoms with Crippen LogP contribution in [0.1, 0.15) is 34.8 Å². The predicted octanol–water partition coefficient (Wildman–Crippen LogP) is 2.21. The summed E-state index contributed by atoms with van der Waals surface area (Å²) >= 11 is 0. The van der Waals surface area contributed by atoms with Gasteiger partial charge in [0.05, 0.1) is 19.6 Å². The summed E-state index contributed by atoms with van der Waals surface area (Å²) in [4.78, 5) is 11.1. The number of ether oxygens (including phenoxy) is 1. The van der Waals surface area contributed by atoms with Crippen molar-refractivity contribution in [3.05, 3.63) is 34.4 Å². The van der Waals surface area contributed by atoms with E-state index in [1.807, 2.05) is 32.9 Å². The number of benzene rings is 1. The Balaban J connectivity index is 2.95. The molecular formula is C13H18O3. The van der Waals surface area contributed by atoms with Crippen LogP contribution in [-0.4, -0.2) is 18.2 Å². The molecule has 3 heteroatoms. The van der Waals surface area contributed by atoms with E-state index in [1.165, 1.54) is 12.7 Å². The molecule has 0 aromatic heterocycles. The van der Waals surface area contributed by atoms with E-state index in [1.54, 1.807) is 0 Å². The Morgan fingerprint density at radius 3 is 2.38 bits per heavy atom. The zero-order chi connectivity index (χ0) is 12.3. The first kappa shape index (κ1) is 12.7. The number of aliphatic hydroxyl groups excluding tert-OH is 1. The van der Waals surface area contributed by atoms with E-state index in [-0.39, 0.29) is 6.42 Å². The number of carbonyl (C=O) groups excluding carboxylic acids is 1. The minimum Gasteiger partial charge on any atom is -0.469 e. The van der Waals surface area contributed by atoms with Crippen molar-refractivity contribution in [3.8, 4) is 0 Å². The average Bonchev–Trinajstić information content (AvgIpc) is 2.23. The predicted molar refractivity (Wildman–Crippen MR) is 62.2 cm³/mol. The molecule has 16 heavy (non-hydrogen) atoms. The van der Waals surface area contributed by atoms with Gasteiger partial charge < -0.3 is 9.84 Å². The second-order valence-electron chi connectivity index (χ2n) is 4.09. The molecule has 1 rings (SSSR count). The first-order valence-corrected chi connectivity index (χ1v) is 5.28. The van der Waals surface area contributed by atoms with Gasteiger partial charge >= 0.3 is 5.97 Å². The highest BCUT2D eigenvalue weighted by atomic mass is 16.5. The Morgan fingerprint density at radius 1 is 1.25 bits per heavy atom. The second-order valence-corrected chi connectivity index (χ2v) is 4.09. The van der Waals surface area contributed by atoms with Crippen LogP contribution >= 0.6 is 0 Å². The normalized spacial score (nSPS) is 12.3. The van der Waals surface area contributed by atoms with E-state index < -0.39 is 12.1 Å². The Bertz CT molecular complexity index is 396. The second kappa shape index (κ2) is 5.12. The summed E-state index contributed by atoms with van der Waals surface area (Å²) in [7, 11) is 1.32. The van der Waals surface area contributed by atoms with Crippen LogP contribution < -0.4 is 0 Å². The van der Waals surface area contributed by atoms with Crippen LogP contribution in [0.4, 0.5) is 0 Å². The van der Waals surface area contributed by atoms with Gasteiger partial charge in [0.25, 0.3) is 0 Å². The molecule has 0 aliphatic carbocycles. The number of aryl methyl sites for hydroxylation is 3. The van der Waals surface area contributed by atoms with E-state index in [2.05, 4.69) is 4.74 Å². The lowest BCUT2D eigenvalue weighted by atomic mass is 9.96. The van der Waals surface area contributed by atoms with E-state index >= 15 is 0 Å². The maximum atomic E-state index is 11.1. The quantitative estimate of drug-likeness (QED) is 0.797. The highest BCUT2D eigenvalue weighted by molar-refractivity contribution is 5.70. The Labute approximate surface area is 96.1 Å². The van der Waals surface area contributed by atoms with Crippen LogP contribution in [0.2, 0.25) is 0 Å². The Morgan fingerprint density at radius 2 is 1.81 bits per heavy atom. The van der Waals surface area contributed by atoms with Crippen molar-refractivity contribution in [2.75, 3.05) is 7.11 Å². The lowest BCUT2D eigenvalue weighted by Crippen LogP contribution is -2.09. The van der Waals surface area contributed by atoms with Crippen LogP contribution in [0, 0.1) is 20.8 Å². The molecule has 1 atom stereocenters. The summed E-state index contributed by atoms with van der Waals surface area (Å²) in [5.74, 6) is -0.398. The van der Waals surface area contributed by atoms with Crippen molar-refractivity contribution in [3.63, 3.8) is 0 Å². The first-order chi connectivity index (χ1) is 7.45. The van der Waals surface area contributed by atoms with Crippen molar-refractivity contribution in [1.29, 1.82) is 0 Å². The fraction of sp³-hybridized carbons (Fsp3) is 0.462. The van der Waals surface area contributed by atoms with E-state index in [9.17, 15) is 9.90 Å². The van der Waals surface area contributed by atoms with Crippen molar-refractivity contribution >= 4 is 5.97 Å². The van der Waals surface area contributed by atoms with Gasteiger partial charge in [-0.05, 0) is 43.0 Å². The number of rotatable bonds is 3. The molecule has 0 aliphatic rings. The first-order valence-electron chi connectivity index (χ1n) is 5.28. The van der Waals surface area contributed by atoms with Crippen LogP contribution in [0.25, 0.3) is 0 Å². The molecule has 0 bridgehead atoms. The number of aliphatic hydroxyl groups is 1. The molecule has 0 saturated heterocycles. The molecule has 1 aromatic carbocycles. The molecular weight excluding hydrogens is 204 g/mol. The van der Waals surface area contributed by atoms with Crippen molar-refractivity contribution in [1.82, 2.24) is 0 Å². The highest BCUT2D eigenvalue weighted by Gasteiger charge is 2.16. The Kier molecular flexibility index (Phi) is 4.07. The van der Waals surface area contributed by atoms with E-state index in [0.717, 1.165) is 16.7 Å². The zero-order valence-corrected chi connectivity index (χ0v) is 10.2. The molecule has 0 amide bonds. The fourth-order valence-electron chi connectivity index (χ4n) is 1.69. The molecule has 1 aromatic rings. The smallest absolute Gasteiger partial charge is 0.308 e. The number of hydrogen-bond acceptors (Lipinski definition) is 3. The topological polar surface area (TPSA) is 46.5 Å². The van der Waals surface area contributed by atoms with Crippen LogP contribution in [0.5, 0.6) is 0 Å².